The van der Waals surface area contributed by atoms with Crippen LogP contribution >= 0.6 is 15.9 Å². The molecule has 0 aliphatic rings. The van der Waals surface area contributed by atoms with Crippen LogP contribution in [0.15, 0.2) is 45.3 Å². The van der Waals surface area contributed by atoms with E-state index in [1.807, 2.05) is 13.0 Å². The minimum absolute atomic E-state index is 0.0421. The SMILES string of the molecule is Cc1ccc(C(C)(C)C[C@H](C)NCc2ccc(Br)cc2)o1. The Morgan fingerprint density at radius 1 is 1.14 bits per heavy atom. The molecule has 2 rings (SSSR count). The van der Waals surface area contributed by atoms with Gasteiger partial charge in [-0.15, -0.1) is 0 Å². The third-order valence-corrected chi connectivity index (χ3v) is 4.32. The van der Waals surface area contributed by atoms with Crippen LogP contribution in [0.3, 0.4) is 0 Å². The van der Waals surface area contributed by atoms with Gasteiger partial charge in [-0.05, 0) is 50.1 Å². The zero-order chi connectivity index (χ0) is 15.5. The molecule has 0 aliphatic heterocycles. The minimum atomic E-state index is 0.0421. The largest absolute Gasteiger partial charge is 0.466 e. The Kier molecular flexibility index (Phi) is 5.28. The van der Waals surface area contributed by atoms with Gasteiger partial charge in [-0.2, -0.15) is 0 Å². The highest BCUT2D eigenvalue weighted by Crippen LogP contribution is 2.29. The van der Waals surface area contributed by atoms with Gasteiger partial charge in [-0.1, -0.05) is 41.9 Å². The third-order valence-electron chi connectivity index (χ3n) is 3.79. The fourth-order valence-electron chi connectivity index (χ4n) is 2.63. The molecule has 0 fully saturated rings. The first-order valence-electron chi connectivity index (χ1n) is 7.41. The predicted molar refractivity (Wildman–Crippen MR) is 91.5 cm³/mol. The van der Waals surface area contributed by atoms with Gasteiger partial charge in [0, 0.05) is 22.5 Å². The van der Waals surface area contributed by atoms with Crippen molar-refractivity contribution in [3.63, 3.8) is 0 Å². The summed E-state index contributed by atoms with van der Waals surface area (Å²) in [4.78, 5) is 0. The van der Waals surface area contributed by atoms with E-state index in [0.29, 0.717) is 6.04 Å². The summed E-state index contributed by atoms with van der Waals surface area (Å²) in [5.74, 6) is 2.05. The molecule has 1 heterocycles. The highest BCUT2D eigenvalue weighted by molar-refractivity contribution is 9.10. The fraction of sp³-hybridized carbons (Fsp3) is 0.444. The molecule has 2 nitrogen and oxygen atoms in total. The first-order chi connectivity index (χ1) is 9.87. The van der Waals surface area contributed by atoms with Gasteiger partial charge in [-0.3, -0.25) is 0 Å². The van der Waals surface area contributed by atoms with E-state index in [9.17, 15) is 0 Å². The highest BCUT2D eigenvalue weighted by Gasteiger charge is 2.26. The summed E-state index contributed by atoms with van der Waals surface area (Å²) < 4.78 is 6.91. The van der Waals surface area contributed by atoms with Gasteiger partial charge in [0.1, 0.15) is 11.5 Å². The normalized spacial score (nSPS) is 13.4. The van der Waals surface area contributed by atoms with Gasteiger partial charge < -0.3 is 9.73 Å². The van der Waals surface area contributed by atoms with Crippen molar-refractivity contribution in [1.29, 1.82) is 0 Å². The molecule has 1 aromatic carbocycles. The summed E-state index contributed by atoms with van der Waals surface area (Å²) in [6.45, 7) is 9.60. The molecule has 3 heteroatoms. The Morgan fingerprint density at radius 3 is 2.38 bits per heavy atom. The highest BCUT2D eigenvalue weighted by atomic mass is 79.9. The van der Waals surface area contributed by atoms with E-state index >= 15 is 0 Å². The van der Waals surface area contributed by atoms with Crippen LogP contribution in [0.5, 0.6) is 0 Å². The number of aryl methyl sites for hydroxylation is 1. The van der Waals surface area contributed by atoms with Gasteiger partial charge in [0.2, 0.25) is 0 Å². The Balaban J connectivity index is 1.89. The molecule has 1 N–H and O–H groups in total. The van der Waals surface area contributed by atoms with Gasteiger partial charge in [0.05, 0.1) is 0 Å². The Hall–Kier alpha value is -1.06. The summed E-state index contributed by atoms with van der Waals surface area (Å²) in [5, 5.41) is 3.59. The van der Waals surface area contributed by atoms with Crippen molar-refractivity contribution < 1.29 is 4.42 Å². The molecule has 1 atom stereocenters. The van der Waals surface area contributed by atoms with Crippen molar-refractivity contribution in [2.45, 2.75) is 52.1 Å². The molecule has 1 aromatic heterocycles. The summed E-state index contributed by atoms with van der Waals surface area (Å²) in [5.41, 5.74) is 1.34. The molecule has 0 amide bonds. The van der Waals surface area contributed by atoms with Crippen molar-refractivity contribution in [3.8, 4) is 0 Å². The number of hydrogen-bond donors (Lipinski definition) is 1. The number of hydrogen-bond acceptors (Lipinski definition) is 2. The van der Waals surface area contributed by atoms with E-state index in [4.69, 9.17) is 4.42 Å². The number of nitrogens with one attached hydrogen (secondary N) is 1. The van der Waals surface area contributed by atoms with Gasteiger partial charge in [-0.25, -0.2) is 0 Å². The molecular formula is C18H24BrNO. The van der Waals surface area contributed by atoms with E-state index in [-0.39, 0.29) is 5.41 Å². The quantitative estimate of drug-likeness (QED) is 0.775. The zero-order valence-electron chi connectivity index (χ0n) is 13.2. The van der Waals surface area contributed by atoms with Crippen LogP contribution in [0.25, 0.3) is 0 Å². The Labute approximate surface area is 136 Å². The Bertz CT molecular complexity index is 571. The lowest BCUT2D eigenvalue weighted by Crippen LogP contribution is -2.32. The minimum Gasteiger partial charge on any atom is -0.466 e. The molecule has 0 unspecified atom stereocenters. The van der Waals surface area contributed by atoms with Crippen LogP contribution in [-0.2, 0) is 12.0 Å². The monoisotopic (exact) mass is 349 g/mol. The maximum atomic E-state index is 5.79. The average Bonchev–Trinajstić information content (AvgIpc) is 2.85. The molecule has 21 heavy (non-hydrogen) atoms. The lowest BCUT2D eigenvalue weighted by molar-refractivity contribution is 0.319. The van der Waals surface area contributed by atoms with Crippen LogP contribution in [0.4, 0.5) is 0 Å². The van der Waals surface area contributed by atoms with E-state index < -0.39 is 0 Å². The van der Waals surface area contributed by atoms with Gasteiger partial charge in [0.15, 0.2) is 0 Å². The predicted octanol–water partition coefficient (Wildman–Crippen LogP) is 5.20. The van der Waals surface area contributed by atoms with Crippen LogP contribution in [-0.4, -0.2) is 6.04 Å². The second-order valence-electron chi connectivity index (χ2n) is 6.41. The van der Waals surface area contributed by atoms with E-state index in [1.165, 1.54) is 5.56 Å². The molecular weight excluding hydrogens is 326 g/mol. The number of halogens is 1. The topological polar surface area (TPSA) is 25.2 Å². The molecule has 0 radical (unpaired) electrons. The van der Waals surface area contributed by atoms with E-state index in [2.05, 4.69) is 72.3 Å². The van der Waals surface area contributed by atoms with Gasteiger partial charge in [0.25, 0.3) is 0 Å². The summed E-state index contributed by atoms with van der Waals surface area (Å²) in [7, 11) is 0. The van der Waals surface area contributed by atoms with Crippen molar-refractivity contribution in [2.75, 3.05) is 0 Å². The molecule has 0 saturated carbocycles. The fourth-order valence-corrected chi connectivity index (χ4v) is 2.90. The second kappa shape index (κ2) is 6.80. The summed E-state index contributed by atoms with van der Waals surface area (Å²) >= 11 is 3.46. The van der Waals surface area contributed by atoms with Crippen LogP contribution in [0, 0.1) is 6.92 Å². The molecule has 0 spiro atoms. The summed E-state index contributed by atoms with van der Waals surface area (Å²) in [6.07, 6.45) is 1.04. The first-order valence-corrected chi connectivity index (χ1v) is 8.21. The third kappa shape index (κ3) is 4.72. The molecule has 2 aromatic rings. The molecule has 0 saturated heterocycles. The van der Waals surface area contributed by atoms with Crippen molar-refractivity contribution >= 4 is 15.9 Å². The number of benzene rings is 1. The molecule has 114 valence electrons. The van der Waals surface area contributed by atoms with E-state index in [1.54, 1.807) is 0 Å². The Morgan fingerprint density at radius 2 is 1.81 bits per heavy atom. The molecule has 0 aliphatic carbocycles. The van der Waals surface area contributed by atoms with Crippen LogP contribution in [0.1, 0.15) is 44.3 Å². The number of rotatable bonds is 6. The lowest BCUT2D eigenvalue weighted by Gasteiger charge is -2.26. The van der Waals surface area contributed by atoms with Crippen LogP contribution < -0.4 is 5.32 Å². The van der Waals surface area contributed by atoms with Crippen molar-refractivity contribution in [3.05, 3.63) is 58.0 Å². The average molecular weight is 350 g/mol. The molecule has 0 bridgehead atoms. The van der Waals surface area contributed by atoms with Gasteiger partial charge >= 0.3 is 0 Å². The maximum Gasteiger partial charge on any atom is 0.109 e. The lowest BCUT2D eigenvalue weighted by atomic mass is 9.83. The second-order valence-corrected chi connectivity index (χ2v) is 7.32. The summed E-state index contributed by atoms with van der Waals surface area (Å²) in [6, 6.07) is 13.0. The number of furan rings is 1. The maximum absolute atomic E-state index is 5.79. The van der Waals surface area contributed by atoms with E-state index in [0.717, 1.165) is 29.0 Å². The standard InChI is InChI=1S/C18H24BrNO/c1-13(20-12-15-6-8-16(19)9-7-15)11-18(3,4)17-10-5-14(2)21-17/h5-10,13,20H,11-12H2,1-4H3/t13-/m0/s1. The smallest absolute Gasteiger partial charge is 0.109 e. The van der Waals surface area contributed by atoms with Crippen molar-refractivity contribution in [2.24, 2.45) is 0 Å². The van der Waals surface area contributed by atoms with Crippen LogP contribution in [0.2, 0.25) is 0 Å². The first kappa shape index (κ1) is 16.3. The zero-order valence-corrected chi connectivity index (χ0v) is 14.8. The van der Waals surface area contributed by atoms with Crippen molar-refractivity contribution in [1.82, 2.24) is 5.32 Å².